The molecule has 0 radical (unpaired) electrons. The topological polar surface area (TPSA) is 147 Å². The predicted molar refractivity (Wildman–Crippen MR) is 101 cm³/mol. The number of hydrogen-bond acceptors (Lipinski definition) is 6. The SMILES string of the molecule is Cc1cc(C(=O)Nc2ccc3c(O)c(S(=O)(=O)O)ccc3c2)ccc1[N+](=O)[O-]. The highest BCUT2D eigenvalue weighted by Gasteiger charge is 2.18. The Bertz CT molecular complexity index is 1240. The number of nitro benzene ring substituents is 1. The van der Waals surface area contributed by atoms with Crippen LogP contribution in [0.2, 0.25) is 0 Å². The normalized spacial score (nSPS) is 11.4. The second-order valence-corrected chi connectivity index (χ2v) is 7.43. The van der Waals surface area contributed by atoms with Crippen LogP contribution in [0.3, 0.4) is 0 Å². The molecule has 0 spiro atoms. The Kier molecular flexibility index (Phi) is 4.75. The zero-order valence-electron chi connectivity index (χ0n) is 14.4. The summed E-state index contributed by atoms with van der Waals surface area (Å²) in [6, 6.07) is 10.8. The van der Waals surface area contributed by atoms with E-state index in [0.29, 0.717) is 16.6 Å². The lowest BCUT2D eigenvalue weighted by Gasteiger charge is -2.09. The van der Waals surface area contributed by atoms with E-state index in [9.17, 15) is 28.4 Å². The zero-order valence-corrected chi connectivity index (χ0v) is 15.2. The molecular weight excluding hydrogens is 388 g/mol. The number of rotatable bonds is 4. The number of phenolic OH excluding ortho intramolecular Hbond substituents is 1. The fourth-order valence-corrected chi connectivity index (χ4v) is 3.38. The molecule has 3 aromatic rings. The van der Waals surface area contributed by atoms with Gasteiger partial charge in [-0.15, -0.1) is 0 Å². The number of nitrogens with one attached hydrogen (secondary N) is 1. The molecule has 3 aromatic carbocycles. The first-order valence-corrected chi connectivity index (χ1v) is 9.31. The molecule has 0 fully saturated rings. The lowest BCUT2D eigenvalue weighted by atomic mass is 10.1. The van der Waals surface area contributed by atoms with E-state index >= 15 is 0 Å². The molecule has 3 N–H and O–H groups in total. The van der Waals surface area contributed by atoms with Crippen molar-refractivity contribution in [2.45, 2.75) is 11.8 Å². The van der Waals surface area contributed by atoms with E-state index in [1.165, 1.54) is 49.4 Å². The average Bonchev–Trinajstić information content (AvgIpc) is 2.60. The van der Waals surface area contributed by atoms with Crippen molar-refractivity contribution >= 4 is 38.2 Å². The van der Waals surface area contributed by atoms with Gasteiger partial charge in [0, 0.05) is 28.3 Å². The second kappa shape index (κ2) is 6.91. The summed E-state index contributed by atoms with van der Waals surface area (Å²) in [4.78, 5) is 22.1. The molecule has 0 saturated heterocycles. The number of carbonyl (C=O) groups excluding carboxylic acids is 1. The molecule has 0 atom stereocenters. The van der Waals surface area contributed by atoms with Crippen LogP contribution in [0.5, 0.6) is 5.75 Å². The zero-order chi connectivity index (χ0) is 20.6. The minimum absolute atomic E-state index is 0.0904. The van der Waals surface area contributed by atoms with Crippen LogP contribution in [-0.4, -0.2) is 28.9 Å². The van der Waals surface area contributed by atoms with Crippen LogP contribution in [0.15, 0.2) is 53.4 Å². The smallest absolute Gasteiger partial charge is 0.298 e. The van der Waals surface area contributed by atoms with Crippen molar-refractivity contribution in [3.63, 3.8) is 0 Å². The van der Waals surface area contributed by atoms with E-state index in [1.807, 2.05) is 0 Å². The van der Waals surface area contributed by atoms with Crippen LogP contribution in [0.1, 0.15) is 15.9 Å². The first-order valence-electron chi connectivity index (χ1n) is 7.87. The van der Waals surface area contributed by atoms with Gasteiger partial charge in [-0.25, -0.2) is 0 Å². The minimum Gasteiger partial charge on any atom is -0.506 e. The predicted octanol–water partition coefficient (Wildman–Crippen LogP) is 3.26. The quantitative estimate of drug-likeness (QED) is 0.345. The molecule has 9 nitrogen and oxygen atoms in total. The number of aryl methyl sites for hydroxylation is 1. The molecule has 0 heterocycles. The Hall–Kier alpha value is -3.50. The molecule has 10 heteroatoms. The Labute approximate surface area is 159 Å². The van der Waals surface area contributed by atoms with Gasteiger partial charge in [0.05, 0.1) is 4.92 Å². The maximum Gasteiger partial charge on any atom is 0.298 e. The van der Waals surface area contributed by atoms with Gasteiger partial charge in [0.15, 0.2) is 0 Å². The highest BCUT2D eigenvalue weighted by molar-refractivity contribution is 7.86. The van der Waals surface area contributed by atoms with Crippen molar-refractivity contribution in [3.8, 4) is 5.75 Å². The van der Waals surface area contributed by atoms with Crippen LogP contribution >= 0.6 is 0 Å². The third-order valence-electron chi connectivity index (χ3n) is 4.15. The number of aromatic hydroxyl groups is 1. The van der Waals surface area contributed by atoms with Crippen molar-refractivity contribution in [1.29, 1.82) is 0 Å². The summed E-state index contributed by atoms with van der Waals surface area (Å²) in [5.74, 6) is -1.08. The molecular formula is C18H14N2O7S. The van der Waals surface area contributed by atoms with Crippen LogP contribution < -0.4 is 5.32 Å². The van der Waals surface area contributed by atoms with Crippen LogP contribution in [0.25, 0.3) is 10.8 Å². The van der Waals surface area contributed by atoms with Gasteiger partial charge < -0.3 is 10.4 Å². The monoisotopic (exact) mass is 402 g/mol. The Morgan fingerprint density at radius 1 is 1.11 bits per heavy atom. The van der Waals surface area contributed by atoms with Crippen LogP contribution in [-0.2, 0) is 10.1 Å². The molecule has 0 unspecified atom stereocenters. The van der Waals surface area contributed by atoms with E-state index in [1.54, 1.807) is 0 Å². The van der Waals surface area contributed by atoms with Gasteiger partial charge in [-0.3, -0.25) is 19.5 Å². The number of nitrogens with zero attached hydrogens (tertiary/aromatic N) is 1. The molecule has 1 amide bonds. The fraction of sp³-hybridized carbons (Fsp3) is 0.0556. The number of benzene rings is 3. The van der Waals surface area contributed by atoms with Gasteiger partial charge in [0.2, 0.25) is 0 Å². The number of amides is 1. The number of phenols is 1. The van der Waals surface area contributed by atoms with Crippen LogP contribution in [0, 0.1) is 17.0 Å². The van der Waals surface area contributed by atoms with Crippen molar-refractivity contribution < 1.29 is 27.8 Å². The minimum atomic E-state index is -4.57. The molecule has 144 valence electrons. The van der Waals surface area contributed by atoms with Gasteiger partial charge in [-0.2, -0.15) is 8.42 Å². The van der Waals surface area contributed by atoms with E-state index in [-0.39, 0.29) is 16.6 Å². The lowest BCUT2D eigenvalue weighted by Crippen LogP contribution is -2.12. The fourth-order valence-electron chi connectivity index (χ4n) is 2.78. The number of carbonyl (C=O) groups is 1. The summed E-state index contributed by atoms with van der Waals surface area (Å²) in [6.45, 7) is 1.53. The van der Waals surface area contributed by atoms with E-state index < -0.39 is 31.6 Å². The molecule has 0 aliphatic carbocycles. The van der Waals surface area contributed by atoms with E-state index in [4.69, 9.17) is 4.55 Å². The summed E-state index contributed by atoms with van der Waals surface area (Å²) in [5, 5.41) is 24.2. The first-order chi connectivity index (χ1) is 13.1. The van der Waals surface area contributed by atoms with Gasteiger partial charge in [-0.05, 0) is 48.7 Å². The number of anilines is 1. The first kappa shape index (κ1) is 19.3. The summed E-state index contributed by atoms with van der Waals surface area (Å²) in [7, 11) is -4.57. The van der Waals surface area contributed by atoms with Crippen molar-refractivity contribution in [2.75, 3.05) is 5.32 Å². The van der Waals surface area contributed by atoms with Gasteiger partial charge >= 0.3 is 0 Å². The molecule has 0 saturated carbocycles. The number of nitro groups is 1. The maximum absolute atomic E-state index is 12.4. The van der Waals surface area contributed by atoms with Gasteiger partial charge in [0.1, 0.15) is 10.6 Å². The molecule has 28 heavy (non-hydrogen) atoms. The molecule has 0 aliphatic heterocycles. The van der Waals surface area contributed by atoms with Crippen LogP contribution in [0.4, 0.5) is 11.4 Å². The van der Waals surface area contributed by atoms with E-state index in [0.717, 1.165) is 6.07 Å². The lowest BCUT2D eigenvalue weighted by molar-refractivity contribution is -0.385. The Morgan fingerprint density at radius 2 is 1.82 bits per heavy atom. The Balaban J connectivity index is 1.92. The standard InChI is InChI=1S/C18H14N2O7S/c1-10-8-12(2-6-15(10)20(23)24)18(22)19-13-4-5-14-11(9-13)3-7-16(17(14)21)28(25,26)27/h2-9,21H,1H3,(H,19,22)(H,25,26,27). The molecule has 0 aliphatic rings. The summed E-state index contributed by atoms with van der Waals surface area (Å²) in [5.41, 5.74) is 0.853. The van der Waals surface area contributed by atoms with Crippen molar-refractivity contribution in [3.05, 3.63) is 69.8 Å². The number of fused-ring (bicyclic) bond motifs is 1. The van der Waals surface area contributed by atoms with E-state index in [2.05, 4.69) is 5.32 Å². The molecule has 0 aromatic heterocycles. The van der Waals surface area contributed by atoms with Gasteiger partial charge in [-0.1, -0.05) is 6.07 Å². The third kappa shape index (κ3) is 3.63. The molecule has 0 bridgehead atoms. The average molecular weight is 402 g/mol. The summed E-state index contributed by atoms with van der Waals surface area (Å²) >= 11 is 0. The largest absolute Gasteiger partial charge is 0.506 e. The third-order valence-corrected chi connectivity index (χ3v) is 5.03. The van der Waals surface area contributed by atoms with Crippen molar-refractivity contribution in [1.82, 2.24) is 0 Å². The second-order valence-electron chi connectivity index (χ2n) is 6.04. The maximum atomic E-state index is 12.4. The summed E-state index contributed by atoms with van der Waals surface area (Å²) in [6.07, 6.45) is 0. The molecule has 3 rings (SSSR count). The number of hydrogen-bond donors (Lipinski definition) is 3. The highest BCUT2D eigenvalue weighted by Crippen LogP contribution is 2.33. The highest BCUT2D eigenvalue weighted by atomic mass is 32.2. The van der Waals surface area contributed by atoms with Crippen molar-refractivity contribution in [2.24, 2.45) is 0 Å². The summed E-state index contributed by atoms with van der Waals surface area (Å²) < 4.78 is 31.6. The van der Waals surface area contributed by atoms with Gasteiger partial charge in [0.25, 0.3) is 21.7 Å². The Morgan fingerprint density at radius 3 is 2.43 bits per heavy atom.